The van der Waals surface area contributed by atoms with Crippen LogP contribution in [-0.2, 0) is 6.54 Å². The Labute approximate surface area is 197 Å². The minimum absolute atomic E-state index is 0.102. The molecule has 6 nitrogen and oxygen atoms in total. The highest BCUT2D eigenvalue weighted by Crippen LogP contribution is 2.40. The lowest BCUT2D eigenvalue weighted by molar-refractivity contribution is 0.0714. The molecule has 0 spiro atoms. The summed E-state index contributed by atoms with van der Waals surface area (Å²) >= 11 is 3.46. The maximum absolute atomic E-state index is 13.6. The zero-order valence-corrected chi connectivity index (χ0v) is 19.2. The van der Waals surface area contributed by atoms with Crippen molar-refractivity contribution in [1.29, 1.82) is 0 Å². The Morgan fingerprint density at radius 1 is 0.970 bits per heavy atom. The van der Waals surface area contributed by atoms with Crippen LogP contribution in [0.1, 0.15) is 38.9 Å². The lowest BCUT2D eigenvalue weighted by Crippen LogP contribution is -2.29. The van der Waals surface area contributed by atoms with Crippen LogP contribution < -0.4 is 14.9 Å². The third-order valence-electron chi connectivity index (χ3n) is 6.10. The summed E-state index contributed by atoms with van der Waals surface area (Å²) in [4.78, 5) is 28.9. The van der Waals surface area contributed by atoms with Gasteiger partial charge in [-0.05, 0) is 54.4 Å². The molecule has 1 aromatic heterocycles. The first kappa shape index (κ1) is 20.1. The predicted octanol–water partition coefficient (Wildman–Crippen LogP) is 5.34. The quantitative estimate of drug-likeness (QED) is 0.377. The van der Waals surface area contributed by atoms with Gasteiger partial charge < -0.3 is 18.8 Å². The maximum Gasteiger partial charge on any atom is 0.291 e. The van der Waals surface area contributed by atoms with Crippen LogP contribution in [0, 0.1) is 6.92 Å². The first-order valence-electron chi connectivity index (χ1n) is 10.5. The first-order valence-corrected chi connectivity index (χ1v) is 11.3. The number of carbonyl (C=O) groups is 1. The second-order valence-electron chi connectivity index (χ2n) is 8.25. The Balaban J connectivity index is 1.52. The van der Waals surface area contributed by atoms with Crippen molar-refractivity contribution in [2.24, 2.45) is 0 Å². The fourth-order valence-corrected chi connectivity index (χ4v) is 4.79. The Hall–Kier alpha value is -3.58. The van der Waals surface area contributed by atoms with E-state index in [9.17, 15) is 9.59 Å². The number of hydrogen-bond donors (Lipinski definition) is 0. The molecule has 1 unspecified atom stereocenters. The predicted molar refractivity (Wildman–Crippen MR) is 126 cm³/mol. The molecule has 33 heavy (non-hydrogen) atoms. The highest BCUT2D eigenvalue weighted by molar-refractivity contribution is 9.10. The first-order chi connectivity index (χ1) is 16.0. The van der Waals surface area contributed by atoms with Crippen LogP contribution in [0.3, 0.4) is 0 Å². The molecule has 0 saturated heterocycles. The molecule has 1 amide bonds. The van der Waals surface area contributed by atoms with Crippen molar-refractivity contribution >= 4 is 32.8 Å². The van der Waals surface area contributed by atoms with E-state index in [4.69, 9.17) is 13.9 Å². The SMILES string of the molecule is Cc1ccc2oc3c(c(=O)c2c1)C(c1ccc(Br)cc1)N(Cc1ccc2c(c1)OCO2)C3=O. The van der Waals surface area contributed by atoms with E-state index in [0.29, 0.717) is 28.0 Å². The van der Waals surface area contributed by atoms with Crippen LogP contribution in [0.4, 0.5) is 0 Å². The molecule has 2 aliphatic heterocycles. The molecule has 0 saturated carbocycles. The molecule has 0 N–H and O–H groups in total. The van der Waals surface area contributed by atoms with E-state index < -0.39 is 6.04 Å². The van der Waals surface area contributed by atoms with Gasteiger partial charge in [-0.1, -0.05) is 45.8 Å². The smallest absolute Gasteiger partial charge is 0.291 e. The Morgan fingerprint density at radius 2 is 1.76 bits per heavy atom. The zero-order chi connectivity index (χ0) is 22.7. The largest absolute Gasteiger partial charge is 0.454 e. The molecule has 2 aliphatic rings. The summed E-state index contributed by atoms with van der Waals surface area (Å²) in [7, 11) is 0. The molecule has 7 heteroatoms. The van der Waals surface area contributed by atoms with Gasteiger partial charge in [-0.15, -0.1) is 0 Å². The lowest BCUT2D eigenvalue weighted by atomic mass is 9.98. The van der Waals surface area contributed by atoms with Crippen LogP contribution in [-0.4, -0.2) is 17.6 Å². The van der Waals surface area contributed by atoms with Gasteiger partial charge in [0.2, 0.25) is 12.6 Å². The van der Waals surface area contributed by atoms with Crippen molar-refractivity contribution in [3.8, 4) is 11.5 Å². The standard InChI is InChI=1S/C26H18BrNO5/c1-14-2-8-19-18(10-14)24(29)22-23(16-4-6-17(27)7-5-16)28(26(30)25(22)33-19)12-15-3-9-20-21(11-15)32-13-31-20/h2-11,23H,12-13H2,1H3. The van der Waals surface area contributed by atoms with E-state index in [1.165, 1.54) is 0 Å². The minimum atomic E-state index is -0.563. The van der Waals surface area contributed by atoms with E-state index in [-0.39, 0.29) is 30.4 Å². The van der Waals surface area contributed by atoms with Gasteiger partial charge in [0.1, 0.15) is 5.58 Å². The van der Waals surface area contributed by atoms with E-state index in [1.807, 2.05) is 61.5 Å². The molecule has 4 aromatic rings. The number of rotatable bonds is 3. The monoisotopic (exact) mass is 503 g/mol. The van der Waals surface area contributed by atoms with Crippen molar-refractivity contribution in [2.75, 3.05) is 6.79 Å². The van der Waals surface area contributed by atoms with Crippen LogP contribution in [0.2, 0.25) is 0 Å². The van der Waals surface area contributed by atoms with Crippen molar-refractivity contribution in [3.63, 3.8) is 0 Å². The van der Waals surface area contributed by atoms with Crippen LogP contribution >= 0.6 is 15.9 Å². The molecule has 0 radical (unpaired) electrons. The Morgan fingerprint density at radius 3 is 2.58 bits per heavy atom. The molecule has 164 valence electrons. The van der Waals surface area contributed by atoms with Crippen LogP contribution in [0.15, 0.2) is 74.3 Å². The number of hydrogen-bond acceptors (Lipinski definition) is 5. The molecule has 0 aliphatic carbocycles. The Kier molecular flexibility index (Phi) is 4.55. The summed E-state index contributed by atoms with van der Waals surface area (Å²) in [5.41, 5.74) is 3.28. The molecule has 3 heterocycles. The zero-order valence-electron chi connectivity index (χ0n) is 17.6. The molecular formula is C26H18BrNO5. The number of aryl methyl sites for hydroxylation is 1. The number of carbonyl (C=O) groups excluding carboxylic acids is 1. The third-order valence-corrected chi connectivity index (χ3v) is 6.63. The summed E-state index contributed by atoms with van der Waals surface area (Å²) in [6, 6.07) is 18.1. The normalized spacial score (nSPS) is 16.5. The van der Waals surface area contributed by atoms with Gasteiger partial charge >= 0.3 is 0 Å². The third kappa shape index (κ3) is 3.23. The fourth-order valence-electron chi connectivity index (χ4n) is 4.52. The molecule has 3 aromatic carbocycles. The van der Waals surface area contributed by atoms with Crippen molar-refractivity contribution in [1.82, 2.24) is 4.90 Å². The molecule has 6 rings (SSSR count). The summed E-state index contributed by atoms with van der Waals surface area (Å²) in [6.07, 6.45) is 0. The summed E-state index contributed by atoms with van der Waals surface area (Å²) in [5.74, 6) is 1.12. The summed E-state index contributed by atoms with van der Waals surface area (Å²) in [5, 5.41) is 0.480. The topological polar surface area (TPSA) is 69.0 Å². The average Bonchev–Trinajstić information content (AvgIpc) is 3.38. The Bertz CT molecular complexity index is 1490. The minimum Gasteiger partial charge on any atom is -0.454 e. The second kappa shape index (κ2) is 7.49. The molecular weight excluding hydrogens is 486 g/mol. The van der Waals surface area contributed by atoms with Gasteiger partial charge in [0.05, 0.1) is 17.0 Å². The van der Waals surface area contributed by atoms with Crippen molar-refractivity contribution in [3.05, 3.63) is 103 Å². The average molecular weight is 504 g/mol. The van der Waals surface area contributed by atoms with E-state index in [2.05, 4.69) is 15.9 Å². The van der Waals surface area contributed by atoms with Crippen LogP contribution in [0.25, 0.3) is 11.0 Å². The van der Waals surface area contributed by atoms with E-state index in [0.717, 1.165) is 21.2 Å². The van der Waals surface area contributed by atoms with Crippen molar-refractivity contribution in [2.45, 2.75) is 19.5 Å². The van der Waals surface area contributed by atoms with Gasteiger partial charge in [0.15, 0.2) is 16.9 Å². The highest BCUT2D eigenvalue weighted by Gasteiger charge is 2.42. The highest BCUT2D eigenvalue weighted by atomic mass is 79.9. The summed E-state index contributed by atoms with van der Waals surface area (Å²) < 4.78 is 17.8. The maximum atomic E-state index is 13.6. The second-order valence-corrected chi connectivity index (χ2v) is 9.16. The van der Waals surface area contributed by atoms with Gasteiger partial charge in [0, 0.05) is 11.0 Å². The number of nitrogens with zero attached hydrogens (tertiary/aromatic N) is 1. The number of benzene rings is 3. The van der Waals surface area contributed by atoms with Gasteiger partial charge in [0.25, 0.3) is 5.91 Å². The summed E-state index contributed by atoms with van der Waals surface area (Å²) in [6.45, 7) is 2.39. The lowest BCUT2D eigenvalue weighted by Gasteiger charge is -2.25. The number of amides is 1. The molecule has 0 bridgehead atoms. The molecule has 0 fully saturated rings. The fraction of sp³-hybridized carbons (Fsp3) is 0.154. The molecule has 1 atom stereocenters. The number of halogens is 1. The van der Waals surface area contributed by atoms with Crippen molar-refractivity contribution < 1.29 is 18.7 Å². The van der Waals surface area contributed by atoms with Crippen LogP contribution in [0.5, 0.6) is 11.5 Å². The van der Waals surface area contributed by atoms with E-state index >= 15 is 0 Å². The van der Waals surface area contributed by atoms with Gasteiger partial charge in [-0.2, -0.15) is 0 Å². The van der Waals surface area contributed by atoms with E-state index in [1.54, 1.807) is 11.0 Å². The van der Waals surface area contributed by atoms with Gasteiger partial charge in [-0.3, -0.25) is 9.59 Å². The van der Waals surface area contributed by atoms with Gasteiger partial charge in [-0.25, -0.2) is 0 Å². The number of ether oxygens (including phenoxy) is 2. The number of fused-ring (bicyclic) bond motifs is 3.